The molecule has 2 aromatic rings. The minimum Gasteiger partial charge on any atom is -0.399 e. The van der Waals surface area contributed by atoms with Crippen molar-refractivity contribution in [1.82, 2.24) is 9.55 Å². The van der Waals surface area contributed by atoms with Gasteiger partial charge in [-0.25, -0.2) is 4.98 Å². The number of hydrogen-bond acceptors (Lipinski definition) is 3. The van der Waals surface area contributed by atoms with Crippen LogP contribution in [0.1, 0.15) is 33.3 Å². The van der Waals surface area contributed by atoms with Gasteiger partial charge in [0.05, 0.1) is 11.2 Å². The lowest BCUT2D eigenvalue weighted by Gasteiger charge is -2.32. The molecule has 21 heavy (non-hydrogen) atoms. The van der Waals surface area contributed by atoms with E-state index in [1.54, 1.807) is 0 Å². The zero-order chi connectivity index (χ0) is 15.3. The first-order valence-electron chi connectivity index (χ1n) is 7.26. The summed E-state index contributed by atoms with van der Waals surface area (Å²) in [5.41, 5.74) is 1.45. The van der Waals surface area contributed by atoms with Gasteiger partial charge in [0.2, 0.25) is 0 Å². The summed E-state index contributed by atoms with van der Waals surface area (Å²) in [7, 11) is -0.360. The van der Waals surface area contributed by atoms with Gasteiger partial charge >= 0.3 is 7.12 Å². The molecule has 3 rings (SSSR count). The molecule has 2 aromatic heterocycles. The van der Waals surface area contributed by atoms with Gasteiger partial charge in [-0.15, -0.1) is 0 Å². The van der Waals surface area contributed by atoms with Gasteiger partial charge in [-0.05, 0) is 58.4 Å². The highest BCUT2D eigenvalue weighted by Gasteiger charge is 2.52. The van der Waals surface area contributed by atoms with Crippen LogP contribution in [-0.2, 0) is 9.31 Å². The van der Waals surface area contributed by atoms with Crippen molar-refractivity contribution in [2.75, 3.05) is 0 Å². The van der Waals surface area contributed by atoms with Gasteiger partial charge in [0.25, 0.3) is 0 Å². The zero-order valence-electron chi connectivity index (χ0n) is 13.3. The van der Waals surface area contributed by atoms with Crippen molar-refractivity contribution in [3.8, 4) is 5.82 Å². The van der Waals surface area contributed by atoms with Gasteiger partial charge in [-0.1, -0.05) is 0 Å². The first-order chi connectivity index (χ1) is 9.80. The summed E-state index contributed by atoms with van der Waals surface area (Å²) in [5.74, 6) is 0.901. The number of pyridine rings is 1. The molecule has 4 nitrogen and oxygen atoms in total. The van der Waals surface area contributed by atoms with Crippen LogP contribution >= 0.6 is 0 Å². The number of aromatic nitrogens is 2. The molecule has 0 atom stereocenters. The Balaban J connectivity index is 1.91. The van der Waals surface area contributed by atoms with E-state index < -0.39 is 0 Å². The smallest absolute Gasteiger partial charge is 0.399 e. The topological polar surface area (TPSA) is 36.3 Å². The third kappa shape index (κ3) is 2.41. The van der Waals surface area contributed by atoms with E-state index in [9.17, 15) is 0 Å². The maximum atomic E-state index is 6.09. The van der Waals surface area contributed by atoms with E-state index in [1.807, 2.05) is 35.3 Å². The van der Waals surface area contributed by atoms with Crippen molar-refractivity contribution >= 4 is 12.6 Å². The molecule has 110 valence electrons. The van der Waals surface area contributed by atoms with E-state index in [0.717, 1.165) is 16.8 Å². The molecule has 0 bridgehead atoms. The zero-order valence-corrected chi connectivity index (χ0v) is 13.3. The normalized spacial score (nSPS) is 20.0. The Bertz CT molecular complexity index is 634. The maximum Gasteiger partial charge on any atom is 0.496 e. The van der Waals surface area contributed by atoms with Crippen LogP contribution in [0.4, 0.5) is 0 Å². The second-order valence-electron chi connectivity index (χ2n) is 6.58. The third-order valence-electron chi connectivity index (χ3n) is 4.51. The predicted octanol–water partition coefficient (Wildman–Crippen LogP) is 2.48. The standard InChI is InChI=1S/C16H21BN2O2/c1-12-10-14(19-8-6-7-9-19)18-11-13(12)17-20-15(2,3)16(4,5)21-17/h6-11H,1-5H3. The summed E-state index contributed by atoms with van der Waals surface area (Å²) < 4.78 is 14.2. The van der Waals surface area contributed by atoms with Crippen LogP contribution in [0.15, 0.2) is 36.8 Å². The molecule has 0 amide bonds. The summed E-state index contributed by atoms with van der Waals surface area (Å²) in [5, 5.41) is 0. The van der Waals surface area contributed by atoms with E-state index in [0.29, 0.717) is 0 Å². The quantitative estimate of drug-likeness (QED) is 0.795. The first kappa shape index (κ1) is 14.4. The highest BCUT2D eigenvalue weighted by Crippen LogP contribution is 2.36. The molecule has 0 radical (unpaired) electrons. The monoisotopic (exact) mass is 284 g/mol. The Kier molecular flexibility index (Phi) is 3.22. The lowest BCUT2D eigenvalue weighted by Crippen LogP contribution is -2.41. The molecule has 0 N–H and O–H groups in total. The Morgan fingerprint density at radius 2 is 1.62 bits per heavy atom. The fourth-order valence-electron chi connectivity index (χ4n) is 2.40. The summed E-state index contributed by atoms with van der Waals surface area (Å²) in [4.78, 5) is 4.53. The average Bonchev–Trinajstić information content (AvgIpc) is 2.96. The van der Waals surface area contributed by atoms with Gasteiger partial charge in [0.1, 0.15) is 5.82 Å². The molecule has 5 heteroatoms. The lowest BCUT2D eigenvalue weighted by atomic mass is 9.77. The molecule has 1 aliphatic rings. The summed E-state index contributed by atoms with van der Waals surface area (Å²) >= 11 is 0. The van der Waals surface area contributed by atoms with Crippen LogP contribution in [0.5, 0.6) is 0 Å². The van der Waals surface area contributed by atoms with Crippen LogP contribution < -0.4 is 5.46 Å². The van der Waals surface area contributed by atoms with Crippen LogP contribution in [0, 0.1) is 6.92 Å². The molecule has 1 aliphatic heterocycles. The summed E-state index contributed by atoms with van der Waals surface area (Å²) in [6.07, 6.45) is 5.82. The highest BCUT2D eigenvalue weighted by molar-refractivity contribution is 6.62. The molecule has 0 aromatic carbocycles. The Labute approximate surface area is 126 Å². The number of nitrogens with zero attached hydrogens (tertiary/aromatic N) is 2. The molecule has 0 aliphatic carbocycles. The fraction of sp³-hybridized carbons (Fsp3) is 0.438. The van der Waals surface area contributed by atoms with E-state index >= 15 is 0 Å². The van der Waals surface area contributed by atoms with Crippen LogP contribution in [0.2, 0.25) is 0 Å². The van der Waals surface area contributed by atoms with E-state index in [2.05, 4.69) is 45.7 Å². The minimum atomic E-state index is -0.360. The van der Waals surface area contributed by atoms with Crippen LogP contribution in [0.25, 0.3) is 5.82 Å². The van der Waals surface area contributed by atoms with E-state index in [-0.39, 0.29) is 18.3 Å². The fourth-order valence-corrected chi connectivity index (χ4v) is 2.40. The van der Waals surface area contributed by atoms with E-state index in [1.165, 1.54) is 0 Å². The van der Waals surface area contributed by atoms with Crippen molar-refractivity contribution in [3.05, 3.63) is 42.4 Å². The summed E-state index contributed by atoms with van der Waals surface area (Å²) in [6.45, 7) is 10.3. The summed E-state index contributed by atoms with van der Waals surface area (Å²) in [6, 6.07) is 6.03. The average molecular weight is 284 g/mol. The van der Waals surface area contributed by atoms with Crippen molar-refractivity contribution in [2.24, 2.45) is 0 Å². The molecule has 1 fully saturated rings. The SMILES string of the molecule is Cc1cc(-n2cccc2)ncc1B1OC(C)(C)C(C)(C)O1. The molecule has 0 unspecified atom stereocenters. The molecule has 1 saturated heterocycles. The lowest BCUT2D eigenvalue weighted by molar-refractivity contribution is 0.00578. The molecular weight excluding hydrogens is 263 g/mol. The van der Waals surface area contributed by atoms with Crippen molar-refractivity contribution < 1.29 is 9.31 Å². The Morgan fingerprint density at radius 1 is 1.05 bits per heavy atom. The maximum absolute atomic E-state index is 6.09. The Morgan fingerprint density at radius 3 is 2.14 bits per heavy atom. The van der Waals surface area contributed by atoms with E-state index in [4.69, 9.17) is 9.31 Å². The first-order valence-corrected chi connectivity index (χ1v) is 7.26. The molecular formula is C16H21BN2O2. The van der Waals surface area contributed by atoms with Crippen molar-refractivity contribution in [1.29, 1.82) is 0 Å². The molecule has 0 spiro atoms. The second kappa shape index (κ2) is 4.72. The van der Waals surface area contributed by atoms with Crippen LogP contribution in [0.3, 0.4) is 0 Å². The van der Waals surface area contributed by atoms with Gasteiger partial charge in [-0.2, -0.15) is 0 Å². The highest BCUT2D eigenvalue weighted by atomic mass is 16.7. The number of aryl methyl sites for hydroxylation is 1. The predicted molar refractivity (Wildman–Crippen MR) is 84.0 cm³/mol. The molecule has 3 heterocycles. The minimum absolute atomic E-state index is 0.330. The van der Waals surface area contributed by atoms with Gasteiger partial charge < -0.3 is 13.9 Å². The number of rotatable bonds is 2. The van der Waals surface area contributed by atoms with Crippen LogP contribution in [-0.4, -0.2) is 27.9 Å². The Hall–Kier alpha value is -1.59. The second-order valence-corrected chi connectivity index (χ2v) is 6.58. The molecule has 0 saturated carbocycles. The number of hydrogen-bond donors (Lipinski definition) is 0. The largest absolute Gasteiger partial charge is 0.496 e. The van der Waals surface area contributed by atoms with Gasteiger partial charge in [0, 0.05) is 24.1 Å². The van der Waals surface area contributed by atoms with Gasteiger partial charge in [0.15, 0.2) is 0 Å². The third-order valence-corrected chi connectivity index (χ3v) is 4.51. The van der Waals surface area contributed by atoms with Gasteiger partial charge in [-0.3, -0.25) is 0 Å². The van der Waals surface area contributed by atoms with Crippen molar-refractivity contribution in [2.45, 2.75) is 45.8 Å². The van der Waals surface area contributed by atoms with Crippen molar-refractivity contribution in [3.63, 3.8) is 0 Å².